The number of rotatable bonds is 6. The first-order chi connectivity index (χ1) is 29.7. The summed E-state index contributed by atoms with van der Waals surface area (Å²) in [4.78, 5) is 2.47. The summed E-state index contributed by atoms with van der Waals surface area (Å²) in [5.74, 6) is 0. The van der Waals surface area contributed by atoms with E-state index < -0.39 is 0 Å². The Labute approximate surface area is 352 Å². The van der Waals surface area contributed by atoms with Gasteiger partial charge in [0, 0.05) is 37.1 Å². The van der Waals surface area contributed by atoms with Crippen molar-refractivity contribution in [3.8, 4) is 33.4 Å². The smallest absolute Gasteiger partial charge is 0.0540 e. The minimum Gasteiger partial charge on any atom is -0.310 e. The molecule has 0 radical (unpaired) electrons. The molecule has 0 fully saturated rings. The summed E-state index contributed by atoms with van der Waals surface area (Å²) < 4.78 is 2.61. The SMILES string of the molecule is c1ccc(-c2cc(-c3ccc4ccccc4c3)ccc2N(c2cccc(-c3cc4ccccc4c4ccccc34)c2)c2ccc3c(c2)sc2c4ccccc4ccc32)cc1. The lowest BCUT2D eigenvalue weighted by Gasteiger charge is -2.29. The van der Waals surface area contributed by atoms with Crippen molar-refractivity contribution in [3.05, 3.63) is 224 Å². The van der Waals surface area contributed by atoms with Gasteiger partial charge in [-0.15, -0.1) is 11.3 Å². The molecule has 0 bridgehead atoms. The Kier molecular flexibility index (Phi) is 8.11. The van der Waals surface area contributed by atoms with Crippen LogP contribution in [0.2, 0.25) is 0 Å². The van der Waals surface area contributed by atoms with E-state index in [0.717, 1.165) is 17.1 Å². The summed E-state index contributed by atoms with van der Waals surface area (Å²) in [6.07, 6.45) is 0. The van der Waals surface area contributed by atoms with Gasteiger partial charge in [0.05, 0.1) is 5.69 Å². The highest BCUT2D eigenvalue weighted by Gasteiger charge is 2.21. The predicted molar refractivity (Wildman–Crippen MR) is 260 cm³/mol. The highest BCUT2D eigenvalue weighted by Crippen LogP contribution is 2.47. The Balaban J connectivity index is 1.10. The quantitative estimate of drug-likeness (QED) is 0.152. The van der Waals surface area contributed by atoms with Gasteiger partial charge in [0.25, 0.3) is 0 Å². The van der Waals surface area contributed by atoms with Crippen LogP contribution in [-0.4, -0.2) is 0 Å². The molecule has 60 heavy (non-hydrogen) atoms. The van der Waals surface area contributed by atoms with Gasteiger partial charge in [0.15, 0.2) is 0 Å². The van der Waals surface area contributed by atoms with Crippen molar-refractivity contribution in [1.29, 1.82) is 0 Å². The van der Waals surface area contributed by atoms with Crippen LogP contribution in [0.15, 0.2) is 224 Å². The van der Waals surface area contributed by atoms with Gasteiger partial charge in [-0.05, 0) is 119 Å². The van der Waals surface area contributed by atoms with E-state index in [1.807, 2.05) is 11.3 Å². The number of anilines is 3. The molecule has 1 nitrogen and oxygen atoms in total. The average Bonchev–Trinajstić information content (AvgIpc) is 3.70. The van der Waals surface area contributed by atoms with E-state index >= 15 is 0 Å². The fraction of sp³-hybridized carbons (Fsp3) is 0. The van der Waals surface area contributed by atoms with Crippen molar-refractivity contribution >= 4 is 91.7 Å². The lowest BCUT2D eigenvalue weighted by molar-refractivity contribution is 1.29. The third-order valence-corrected chi connectivity index (χ3v) is 13.4. The summed E-state index contributed by atoms with van der Waals surface area (Å²) in [6, 6.07) is 82.7. The normalized spacial score (nSPS) is 11.7. The van der Waals surface area contributed by atoms with E-state index in [4.69, 9.17) is 0 Å². The fourth-order valence-electron chi connectivity index (χ4n) is 9.29. The number of nitrogens with zero attached hydrogens (tertiary/aromatic N) is 1. The van der Waals surface area contributed by atoms with E-state index in [9.17, 15) is 0 Å². The van der Waals surface area contributed by atoms with Crippen molar-refractivity contribution < 1.29 is 0 Å². The molecule has 0 unspecified atom stereocenters. The molecule has 0 aliphatic carbocycles. The van der Waals surface area contributed by atoms with Gasteiger partial charge in [-0.3, -0.25) is 0 Å². The second kappa shape index (κ2) is 14.1. The van der Waals surface area contributed by atoms with Crippen LogP contribution in [0, 0.1) is 0 Å². The van der Waals surface area contributed by atoms with Crippen molar-refractivity contribution in [3.63, 3.8) is 0 Å². The predicted octanol–water partition coefficient (Wildman–Crippen LogP) is 17.1. The first kappa shape index (κ1) is 34.5. The molecule has 0 spiro atoms. The maximum absolute atomic E-state index is 2.47. The molecular weight excluding hydrogens is 743 g/mol. The van der Waals surface area contributed by atoms with Crippen LogP contribution in [0.3, 0.4) is 0 Å². The molecule has 0 aliphatic rings. The highest BCUT2D eigenvalue weighted by molar-refractivity contribution is 7.26. The fourth-order valence-corrected chi connectivity index (χ4v) is 10.6. The topological polar surface area (TPSA) is 3.24 Å². The summed E-state index contributed by atoms with van der Waals surface area (Å²) >= 11 is 1.89. The largest absolute Gasteiger partial charge is 0.310 e. The second-order valence-electron chi connectivity index (χ2n) is 15.7. The molecule has 12 rings (SSSR count). The Bertz CT molecular complexity index is 3620. The van der Waals surface area contributed by atoms with Crippen LogP contribution < -0.4 is 4.90 Å². The van der Waals surface area contributed by atoms with Crippen LogP contribution in [-0.2, 0) is 0 Å². The van der Waals surface area contributed by atoms with Crippen LogP contribution in [0.25, 0.3) is 96.6 Å². The number of hydrogen-bond acceptors (Lipinski definition) is 2. The molecule has 12 aromatic rings. The minimum absolute atomic E-state index is 1.10. The maximum Gasteiger partial charge on any atom is 0.0540 e. The maximum atomic E-state index is 2.47. The monoisotopic (exact) mass is 779 g/mol. The van der Waals surface area contributed by atoms with Gasteiger partial charge in [0.1, 0.15) is 0 Å². The average molecular weight is 780 g/mol. The van der Waals surface area contributed by atoms with Crippen LogP contribution in [0.5, 0.6) is 0 Å². The molecule has 0 N–H and O–H groups in total. The molecule has 1 heterocycles. The van der Waals surface area contributed by atoms with Crippen LogP contribution in [0.4, 0.5) is 17.1 Å². The van der Waals surface area contributed by atoms with Crippen LogP contribution in [0.1, 0.15) is 0 Å². The number of hydrogen-bond donors (Lipinski definition) is 0. The van der Waals surface area contributed by atoms with E-state index in [2.05, 4.69) is 229 Å². The molecular formula is C58H37NS. The third-order valence-electron chi connectivity index (χ3n) is 12.2. The molecule has 1 aromatic heterocycles. The third kappa shape index (κ3) is 5.76. The van der Waals surface area contributed by atoms with Gasteiger partial charge in [0.2, 0.25) is 0 Å². The van der Waals surface area contributed by atoms with Crippen molar-refractivity contribution in [2.75, 3.05) is 4.90 Å². The molecule has 0 amide bonds. The van der Waals surface area contributed by atoms with E-state index in [0.29, 0.717) is 0 Å². The van der Waals surface area contributed by atoms with Gasteiger partial charge < -0.3 is 4.90 Å². The van der Waals surface area contributed by atoms with Crippen LogP contribution >= 0.6 is 11.3 Å². The highest BCUT2D eigenvalue weighted by atomic mass is 32.1. The Morgan fingerprint density at radius 3 is 1.78 bits per heavy atom. The van der Waals surface area contributed by atoms with Crippen molar-refractivity contribution in [2.45, 2.75) is 0 Å². The summed E-state index contributed by atoms with van der Waals surface area (Å²) in [5, 5.41) is 12.7. The standard InChI is InChI=1S/C58H37NS/c1-2-14-39(15-3-1)55-35-43(42-26-25-38-13-4-5-17-41(38)33-42)28-32-56(55)59(47-29-31-52-53-30-27-40-16-6-9-22-49(40)58(53)60-57(52)37-47)46-20-12-19-44(34-46)54-36-45-18-7-8-21-48(45)50-23-10-11-24-51(50)54/h1-37H. The Morgan fingerprint density at radius 1 is 0.283 bits per heavy atom. The molecule has 2 heteroatoms. The second-order valence-corrected chi connectivity index (χ2v) is 16.7. The van der Waals surface area contributed by atoms with Gasteiger partial charge in [-0.1, -0.05) is 176 Å². The lowest BCUT2D eigenvalue weighted by Crippen LogP contribution is -2.11. The Morgan fingerprint density at radius 2 is 0.917 bits per heavy atom. The Hall–Kier alpha value is -7.52. The zero-order valence-electron chi connectivity index (χ0n) is 32.7. The molecule has 0 atom stereocenters. The zero-order valence-corrected chi connectivity index (χ0v) is 33.5. The van der Waals surface area contributed by atoms with E-state index in [1.54, 1.807) is 0 Å². The van der Waals surface area contributed by atoms with Gasteiger partial charge >= 0.3 is 0 Å². The van der Waals surface area contributed by atoms with Gasteiger partial charge in [-0.2, -0.15) is 0 Å². The number of benzene rings is 11. The summed E-state index contributed by atoms with van der Waals surface area (Å²) in [5.41, 5.74) is 10.5. The lowest BCUT2D eigenvalue weighted by atomic mass is 9.92. The van der Waals surface area contributed by atoms with Crippen molar-refractivity contribution in [2.24, 2.45) is 0 Å². The summed E-state index contributed by atoms with van der Waals surface area (Å²) in [6.45, 7) is 0. The first-order valence-corrected chi connectivity index (χ1v) is 21.4. The molecule has 280 valence electrons. The minimum atomic E-state index is 1.10. The zero-order chi connectivity index (χ0) is 39.6. The van der Waals surface area contributed by atoms with E-state index in [-0.39, 0.29) is 0 Å². The molecule has 11 aromatic carbocycles. The molecule has 0 saturated heterocycles. The summed E-state index contributed by atoms with van der Waals surface area (Å²) in [7, 11) is 0. The molecule has 0 saturated carbocycles. The van der Waals surface area contributed by atoms with E-state index in [1.165, 1.54) is 96.6 Å². The molecule has 0 aliphatic heterocycles. The number of fused-ring (bicyclic) bond motifs is 9. The number of thiophene rings is 1. The van der Waals surface area contributed by atoms with Crippen molar-refractivity contribution in [1.82, 2.24) is 0 Å². The first-order valence-electron chi connectivity index (χ1n) is 20.6. The van der Waals surface area contributed by atoms with Gasteiger partial charge in [-0.25, -0.2) is 0 Å².